The highest BCUT2D eigenvalue weighted by molar-refractivity contribution is 5.85. The second-order valence-corrected chi connectivity index (χ2v) is 5.74. The largest absolute Gasteiger partial charge is 0.478 e. The van der Waals surface area contributed by atoms with Crippen LogP contribution < -0.4 is 15.4 Å². The molecule has 2 atom stereocenters. The summed E-state index contributed by atoms with van der Waals surface area (Å²) >= 11 is 0. The topological polar surface area (TPSA) is 50.4 Å². The molecular weight excluding hydrogens is 319 g/mol. The van der Waals surface area contributed by atoms with Crippen LogP contribution in [0.1, 0.15) is 32.6 Å². The van der Waals surface area contributed by atoms with Crippen molar-refractivity contribution in [3.8, 4) is 5.75 Å². The summed E-state index contributed by atoms with van der Waals surface area (Å²) in [6, 6.07) is 6.16. The maximum Gasteiger partial charge on any atom is 0.261 e. The van der Waals surface area contributed by atoms with Crippen molar-refractivity contribution in [1.29, 1.82) is 0 Å². The second-order valence-electron chi connectivity index (χ2n) is 5.74. The van der Waals surface area contributed by atoms with Gasteiger partial charge in [0.2, 0.25) is 0 Å². The fourth-order valence-corrected chi connectivity index (χ4v) is 2.70. The molecule has 0 bridgehead atoms. The Morgan fingerprint density at radius 3 is 2.91 bits per heavy atom. The molecule has 1 aliphatic rings. The summed E-state index contributed by atoms with van der Waals surface area (Å²) in [6.07, 6.45) is 3.24. The maximum atomic E-state index is 13.6. The van der Waals surface area contributed by atoms with Gasteiger partial charge >= 0.3 is 0 Å². The number of para-hydroxylation sites is 1. The quantitative estimate of drug-likeness (QED) is 0.799. The summed E-state index contributed by atoms with van der Waals surface area (Å²) in [5, 5.41) is 6.27. The molecule has 1 saturated heterocycles. The van der Waals surface area contributed by atoms with Crippen molar-refractivity contribution in [2.45, 2.75) is 38.7 Å². The molecule has 0 aromatic heterocycles. The van der Waals surface area contributed by atoms with Crippen LogP contribution in [-0.4, -0.2) is 31.6 Å². The van der Waals surface area contributed by atoms with Crippen LogP contribution in [0.2, 0.25) is 0 Å². The van der Waals surface area contributed by atoms with Gasteiger partial charge < -0.3 is 15.4 Å². The van der Waals surface area contributed by atoms with Gasteiger partial charge in [0, 0.05) is 6.54 Å². The van der Waals surface area contributed by atoms with E-state index in [1.54, 1.807) is 18.2 Å². The first-order chi connectivity index (χ1) is 10.7. The predicted octanol–water partition coefficient (Wildman–Crippen LogP) is 2.91. The van der Waals surface area contributed by atoms with Crippen LogP contribution in [0.3, 0.4) is 0 Å². The number of carbonyl (C=O) groups excluding carboxylic acids is 1. The SMILES string of the molecule is CCC(Oc1ccccc1F)C(=O)NCCC1CCCNC1.Cl. The number of hydrogen-bond donors (Lipinski definition) is 2. The van der Waals surface area contributed by atoms with E-state index in [1.807, 2.05) is 6.92 Å². The van der Waals surface area contributed by atoms with Crippen molar-refractivity contribution in [2.24, 2.45) is 5.92 Å². The third-order valence-corrected chi connectivity index (χ3v) is 4.02. The van der Waals surface area contributed by atoms with Gasteiger partial charge in [-0.3, -0.25) is 4.79 Å². The van der Waals surface area contributed by atoms with Crippen LogP contribution in [0.4, 0.5) is 4.39 Å². The van der Waals surface area contributed by atoms with Gasteiger partial charge in [-0.1, -0.05) is 19.1 Å². The Labute approximate surface area is 143 Å². The maximum absolute atomic E-state index is 13.6. The van der Waals surface area contributed by atoms with Crippen LogP contribution >= 0.6 is 12.4 Å². The smallest absolute Gasteiger partial charge is 0.261 e. The fraction of sp³-hybridized carbons (Fsp3) is 0.588. The molecule has 1 aromatic carbocycles. The Morgan fingerprint density at radius 2 is 2.26 bits per heavy atom. The number of piperidine rings is 1. The molecule has 1 aliphatic heterocycles. The molecule has 0 saturated carbocycles. The summed E-state index contributed by atoms with van der Waals surface area (Å²) in [6.45, 7) is 4.62. The fourth-order valence-electron chi connectivity index (χ4n) is 2.70. The van der Waals surface area contributed by atoms with Gasteiger partial charge in [0.25, 0.3) is 5.91 Å². The Morgan fingerprint density at radius 1 is 1.48 bits per heavy atom. The lowest BCUT2D eigenvalue weighted by Crippen LogP contribution is -2.40. The number of halogens is 2. The lowest BCUT2D eigenvalue weighted by molar-refractivity contribution is -0.128. The van der Waals surface area contributed by atoms with E-state index in [4.69, 9.17) is 4.74 Å². The van der Waals surface area contributed by atoms with Gasteiger partial charge in [0.05, 0.1) is 0 Å². The molecule has 130 valence electrons. The van der Waals surface area contributed by atoms with Crippen LogP contribution in [0.25, 0.3) is 0 Å². The Kier molecular flexibility index (Phi) is 8.95. The first kappa shape index (κ1) is 19.7. The Bertz CT molecular complexity index is 481. The summed E-state index contributed by atoms with van der Waals surface area (Å²) in [5.74, 6) is 0.138. The van der Waals surface area contributed by atoms with Gasteiger partial charge in [-0.25, -0.2) is 4.39 Å². The first-order valence-electron chi connectivity index (χ1n) is 8.10. The zero-order valence-electron chi connectivity index (χ0n) is 13.5. The average Bonchev–Trinajstić information content (AvgIpc) is 2.55. The van der Waals surface area contributed by atoms with E-state index >= 15 is 0 Å². The van der Waals surface area contributed by atoms with Crippen LogP contribution in [0, 0.1) is 11.7 Å². The molecule has 2 N–H and O–H groups in total. The molecule has 1 heterocycles. The third-order valence-electron chi connectivity index (χ3n) is 4.02. The molecule has 0 spiro atoms. The second kappa shape index (κ2) is 10.4. The van der Waals surface area contributed by atoms with E-state index in [0.717, 1.165) is 19.5 Å². The minimum Gasteiger partial charge on any atom is -0.478 e. The summed E-state index contributed by atoms with van der Waals surface area (Å²) < 4.78 is 19.1. The summed E-state index contributed by atoms with van der Waals surface area (Å²) in [4.78, 5) is 12.2. The van der Waals surface area contributed by atoms with Gasteiger partial charge in [0.1, 0.15) is 0 Å². The highest BCUT2D eigenvalue weighted by Gasteiger charge is 2.20. The standard InChI is InChI=1S/C17H25FN2O2.ClH/c1-2-15(22-16-8-4-3-7-14(16)18)17(21)20-11-9-13-6-5-10-19-12-13;/h3-4,7-8,13,15,19H,2,5-6,9-12H2,1H3,(H,20,21);1H. The average molecular weight is 345 g/mol. The Balaban J connectivity index is 0.00000264. The van der Waals surface area contributed by atoms with Gasteiger partial charge in [-0.15, -0.1) is 12.4 Å². The molecule has 1 aromatic rings. The lowest BCUT2D eigenvalue weighted by Gasteiger charge is -2.23. The normalized spacial score (nSPS) is 18.6. The number of benzene rings is 1. The monoisotopic (exact) mass is 344 g/mol. The minimum absolute atomic E-state index is 0. The molecule has 2 rings (SSSR count). The molecule has 1 fully saturated rings. The third kappa shape index (κ3) is 6.36. The van der Waals surface area contributed by atoms with E-state index in [9.17, 15) is 9.18 Å². The highest BCUT2D eigenvalue weighted by Crippen LogP contribution is 2.18. The van der Waals surface area contributed by atoms with Crippen molar-refractivity contribution in [2.75, 3.05) is 19.6 Å². The summed E-state index contributed by atoms with van der Waals surface area (Å²) in [5.41, 5.74) is 0. The number of nitrogens with one attached hydrogen (secondary N) is 2. The number of rotatable bonds is 7. The molecule has 1 amide bonds. The zero-order valence-corrected chi connectivity index (χ0v) is 14.3. The molecule has 2 unspecified atom stereocenters. The van der Waals surface area contributed by atoms with E-state index < -0.39 is 11.9 Å². The predicted molar refractivity (Wildman–Crippen MR) is 91.6 cm³/mol. The van der Waals surface area contributed by atoms with Crippen molar-refractivity contribution < 1.29 is 13.9 Å². The van der Waals surface area contributed by atoms with Crippen LogP contribution in [0.15, 0.2) is 24.3 Å². The molecule has 6 heteroatoms. The van der Waals surface area contributed by atoms with Gasteiger partial charge in [-0.05, 0) is 56.8 Å². The molecule has 4 nitrogen and oxygen atoms in total. The highest BCUT2D eigenvalue weighted by atomic mass is 35.5. The molecule has 0 aliphatic carbocycles. The van der Waals surface area contributed by atoms with E-state index in [0.29, 0.717) is 18.9 Å². The number of amides is 1. The van der Waals surface area contributed by atoms with Crippen molar-refractivity contribution in [1.82, 2.24) is 10.6 Å². The Hall–Kier alpha value is -1.33. The van der Waals surface area contributed by atoms with Gasteiger partial charge in [-0.2, -0.15) is 0 Å². The summed E-state index contributed by atoms with van der Waals surface area (Å²) in [7, 11) is 0. The zero-order chi connectivity index (χ0) is 15.8. The number of ether oxygens (including phenoxy) is 1. The van der Waals surface area contributed by atoms with Crippen molar-refractivity contribution >= 4 is 18.3 Å². The van der Waals surface area contributed by atoms with Crippen molar-refractivity contribution in [3.05, 3.63) is 30.1 Å². The molecule has 23 heavy (non-hydrogen) atoms. The molecule has 0 radical (unpaired) electrons. The van der Waals surface area contributed by atoms with Crippen molar-refractivity contribution in [3.63, 3.8) is 0 Å². The van der Waals surface area contributed by atoms with E-state index in [2.05, 4.69) is 10.6 Å². The van der Waals surface area contributed by atoms with E-state index in [-0.39, 0.29) is 24.1 Å². The van der Waals surface area contributed by atoms with Crippen LogP contribution in [-0.2, 0) is 4.79 Å². The van der Waals surface area contributed by atoms with Gasteiger partial charge in [0.15, 0.2) is 17.7 Å². The number of hydrogen-bond acceptors (Lipinski definition) is 3. The lowest BCUT2D eigenvalue weighted by atomic mass is 9.96. The molecular formula is C17H26ClFN2O2. The first-order valence-corrected chi connectivity index (χ1v) is 8.10. The number of carbonyl (C=O) groups is 1. The van der Waals surface area contributed by atoms with E-state index in [1.165, 1.54) is 18.9 Å². The van der Waals surface area contributed by atoms with Crippen LogP contribution in [0.5, 0.6) is 5.75 Å². The minimum atomic E-state index is -0.651.